The summed E-state index contributed by atoms with van der Waals surface area (Å²) in [6, 6.07) is -0.591. The van der Waals surface area contributed by atoms with Crippen molar-refractivity contribution in [3.05, 3.63) is 60.8 Å². The monoisotopic (exact) mass is 417 g/mol. The normalized spacial score (nSPS) is 14.0. The van der Waals surface area contributed by atoms with E-state index in [1.54, 1.807) is 0 Å². The standard InChI is InChI=1S/C26H43NO3/c1-4-5-6-7-8-9-10-11-12-13-14-15-16-17-18-19-20-21-25(28)27-24(26(29)30)22-23(2)3/h5-6,8-9,11-12,14-15,17-18,23-24,26,29-30H,4,7,10,13,16,19-22H2,1-3H3,(H,27,28)/b6-5-,9-8-,12-11-,15-14-,18-17-. The van der Waals surface area contributed by atoms with Crippen molar-refractivity contribution in [1.82, 2.24) is 5.32 Å². The van der Waals surface area contributed by atoms with E-state index in [1.165, 1.54) is 0 Å². The fraction of sp³-hybridized carbons (Fsp3) is 0.577. The molecule has 0 saturated carbocycles. The van der Waals surface area contributed by atoms with Gasteiger partial charge in [-0.2, -0.15) is 0 Å². The number of carbonyl (C=O) groups is 1. The predicted molar refractivity (Wildman–Crippen MR) is 128 cm³/mol. The summed E-state index contributed by atoms with van der Waals surface area (Å²) < 4.78 is 0. The van der Waals surface area contributed by atoms with E-state index < -0.39 is 12.3 Å². The number of allylic oxidation sites excluding steroid dienone is 10. The lowest BCUT2D eigenvalue weighted by molar-refractivity contribution is -0.127. The molecule has 0 aromatic heterocycles. The molecule has 0 fully saturated rings. The average molecular weight is 418 g/mol. The molecule has 0 spiro atoms. The first kappa shape index (κ1) is 28.1. The first-order valence-corrected chi connectivity index (χ1v) is 11.4. The lowest BCUT2D eigenvalue weighted by Gasteiger charge is -2.22. The van der Waals surface area contributed by atoms with Gasteiger partial charge in [-0.1, -0.05) is 81.5 Å². The van der Waals surface area contributed by atoms with Crippen LogP contribution in [0.1, 0.15) is 78.6 Å². The molecule has 0 rings (SSSR count). The first-order chi connectivity index (χ1) is 14.5. The number of unbranched alkanes of at least 4 members (excludes halogenated alkanes) is 1. The van der Waals surface area contributed by atoms with Gasteiger partial charge in [-0.05, 0) is 57.3 Å². The number of nitrogens with one attached hydrogen (secondary N) is 1. The molecule has 0 radical (unpaired) electrons. The molecule has 1 unspecified atom stereocenters. The van der Waals surface area contributed by atoms with E-state index in [2.05, 4.69) is 73.0 Å². The second kappa shape index (κ2) is 20.4. The largest absolute Gasteiger partial charge is 0.366 e. The van der Waals surface area contributed by atoms with Crippen molar-refractivity contribution in [3.8, 4) is 0 Å². The van der Waals surface area contributed by atoms with E-state index >= 15 is 0 Å². The van der Waals surface area contributed by atoms with Gasteiger partial charge in [-0.25, -0.2) is 0 Å². The summed E-state index contributed by atoms with van der Waals surface area (Å²) in [6.45, 7) is 6.12. The predicted octanol–water partition coefficient (Wildman–Crippen LogP) is 5.75. The zero-order valence-corrected chi connectivity index (χ0v) is 19.2. The molecule has 30 heavy (non-hydrogen) atoms. The fourth-order valence-corrected chi connectivity index (χ4v) is 2.79. The summed E-state index contributed by atoms with van der Waals surface area (Å²) in [5.41, 5.74) is 0. The number of rotatable bonds is 17. The zero-order valence-electron chi connectivity index (χ0n) is 19.2. The Labute approximate surface area is 184 Å². The second-order valence-corrected chi connectivity index (χ2v) is 7.82. The number of amides is 1. The van der Waals surface area contributed by atoms with Crippen LogP contribution in [0.3, 0.4) is 0 Å². The molecule has 3 N–H and O–H groups in total. The number of hydrogen-bond acceptors (Lipinski definition) is 3. The Morgan fingerprint density at radius 1 is 0.800 bits per heavy atom. The highest BCUT2D eigenvalue weighted by Gasteiger charge is 2.19. The molecule has 0 aromatic rings. The molecular formula is C26H43NO3. The number of carbonyl (C=O) groups excluding carboxylic acids is 1. The van der Waals surface area contributed by atoms with Gasteiger partial charge in [-0.15, -0.1) is 0 Å². The molecule has 170 valence electrons. The number of hydrogen-bond donors (Lipinski definition) is 3. The summed E-state index contributed by atoms with van der Waals surface area (Å²) in [5.74, 6) is 0.166. The van der Waals surface area contributed by atoms with Crippen molar-refractivity contribution in [2.24, 2.45) is 5.92 Å². The molecule has 1 atom stereocenters. The Bertz CT molecular complexity index is 557. The molecule has 0 heterocycles. The topological polar surface area (TPSA) is 69.6 Å². The smallest absolute Gasteiger partial charge is 0.220 e. The third kappa shape index (κ3) is 19.4. The molecule has 0 aliphatic carbocycles. The van der Waals surface area contributed by atoms with Crippen LogP contribution in [0.5, 0.6) is 0 Å². The van der Waals surface area contributed by atoms with Crippen molar-refractivity contribution < 1.29 is 15.0 Å². The van der Waals surface area contributed by atoms with E-state index in [1.807, 2.05) is 13.8 Å². The highest BCUT2D eigenvalue weighted by molar-refractivity contribution is 5.76. The minimum absolute atomic E-state index is 0.124. The Morgan fingerprint density at radius 3 is 1.70 bits per heavy atom. The van der Waals surface area contributed by atoms with Crippen molar-refractivity contribution in [2.45, 2.75) is 90.9 Å². The highest BCUT2D eigenvalue weighted by atomic mass is 16.5. The Hall–Kier alpha value is -1.91. The molecule has 0 bridgehead atoms. The van der Waals surface area contributed by atoms with E-state index in [0.717, 1.165) is 44.9 Å². The molecule has 4 heteroatoms. The summed E-state index contributed by atoms with van der Waals surface area (Å²) in [5, 5.41) is 21.4. The second-order valence-electron chi connectivity index (χ2n) is 7.82. The molecule has 0 saturated heterocycles. The van der Waals surface area contributed by atoms with Crippen molar-refractivity contribution in [3.63, 3.8) is 0 Å². The highest BCUT2D eigenvalue weighted by Crippen LogP contribution is 2.08. The Kier molecular flexibility index (Phi) is 19.1. The van der Waals surface area contributed by atoms with Crippen LogP contribution in [0.25, 0.3) is 0 Å². The van der Waals surface area contributed by atoms with E-state index in [9.17, 15) is 15.0 Å². The zero-order chi connectivity index (χ0) is 22.5. The molecule has 1 amide bonds. The van der Waals surface area contributed by atoms with Crippen LogP contribution in [0.2, 0.25) is 0 Å². The first-order valence-electron chi connectivity index (χ1n) is 11.4. The third-order valence-corrected chi connectivity index (χ3v) is 4.36. The van der Waals surface area contributed by atoms with Gasteiger partial charge in [-0.3, -0.25) is 4.79 Å². The lowest BCUT2D eigenvalue weighted by atomic mass is 10.0. The minimum Gasteiger partial charge on any atom is -0.366 e. The Balaban J connectivity index is 3.75. The number of aliphatic hydroxyl groups excluding tert-OH is 1. The molecule has 0 aliphatic rings. The van der Waals surface area contributed by atoms with E-state index in [-0.39, 0.29) is 5.91 Å². The summed E-state index contributed by atoms with van der Waals surface area (Å²) in [4.78, 5) is 11.9. The van der Waals surface area contributed by atoms with Gasteiger partial charge in [0.1, 0.15) is 0 Å². The maximum absolute atomic E-state index is 11.9. The average Bonchev–Trinajstić information content (AvgIpc) is 2.69. The van der Waals surface area contributed by atoms with Gasteiger partial charge in [0.15, 0.2) is 6.29 Å². The Morgan fingerprint density at radius 2 is 1.27 bits per heavy atom. The van der Waals surface area contributed by atoms with E-state index in [0.29, 0.717) is 18.8 Å². The van der Waals surface area contributed by atoms with Crippen LogP contribution in [0.15, 0.2) is 60.8 Å². The van der Waals surface area contributed by atoms with E-state index in [4.69, 9.17) is 0 Å². The van der Waals surface area contributed by atoms with Gasteiger partial charge < -0.3 is 15.5 Å². The van der Waals surface area contributed by atoms with Gasteiger partial charge in [0.05, 0.1) is 6.04 Å². The maximum Gasteiger partial charge on any atom is 0.220 e. The minimum atomic E-state index is -1.51. The van der Waals surface area contributed by atoms with Crippen molar-refractivity contribution in [2.75, 3.05) is 0 Å². The van der Waals surface area contributed by atoms with Crippen LogP contribution in [0, 0.1) is 5.92 Å². The number of aliphatic hydroxyl groups is 2. The quantitative estimate of drug-likeness (QED) is 0.160. The van der Waals surface area contributed by atoms with Crippen molar-refractivity contribution in [1.29, 1.82) is 0 Å². The van der Waals surface area contributed by atoms with Crippen LogP contribution in [0.4, 0.5) is 0 Å². The summed E-state index contributed by atoms with van der Waals surface area (Å²) in [7, 11) is 0. The summed E-state index contributed by atoms with van der Waals surface area (Å²) >= 11 is 0. The molecule has 0 aromatic carbocycles. The molecule has 4 nitrogen and oxygen atoms in total. The van der Waals surface area contributed by atoms with Gasteiger partial charge in [0.25, 0.3) is 0 Å². The van der Waals surface area contributed by atoms with Crippen LogP contribution < -0.4 is 5.32 Å². The van der Waals surface area contributed by atoms with Crippen molar-refractivity contribution >= 4 is 5.91 Å². The van der Waals surface area contributed by atoms with Gasteiger partial charge in [0.2, 0.25) is 5.91 Å². The SMILES string of the molecule is CC/C=C\C/C=C\C/C=C\C/C=C\C/C=C\CCCC(=O)NC(CC(C)C)C(O)O. The lowest BCUT2D eigenvalue weighted by Crippen LogP contribution is -2.44. The molecular weight excluding hydrogens is 374 g/mol. The molecule has 0 aliphatic heterocycles. The van der Waals surface area contributed by atoms with Crippen LogP contribution in [-0.2, 0) is 4.79 Å². The maximum atomic E-state index is 11.9. The summed E-state index contributed by atoms with van der Waals surface area (Å²) in [6.07, 6.45) is 27.6. The fourth-order valence-electron chi connectivity index (χ4n) is 2.79. The van der Waals surface area contributed by atoms with Gasteiger partial charge >= 0.3 is 0 Å². The van der Waals surface area contributed by atoms with Crippen LogP contribution >= 0.6 is 0 Å². The van der Waals surface area contributed by atoms with Crippen LogP contribution in [-0.4, -0.2) is 28.5 Å². The van der Waals surface area contributed by atoms with Gasteiger partial charge in [0, 0.05) is 6.42 Å². The third-order valence-electron chi connectivity index (χ3n) is 4.36.